The Morgan fingerprint density at radius 3 is 2.62 bits per heavy atom. The van der Waals surface area contributed by atoms with Gasteiger partial charge < -0.3 is 21.1 Å². The molecule has 1 saturated heterocycles. The molecule has 0 aromatic carbocycles. The van der Waals surface area contributed by atoms with Crippen molar-refractivity contribution in [3.63, 3.8) is 0 Å². The number of aliphatic carboxylic acids is 1. The highest BCUT2D eigenvalue weighted by atomic mass is 16.4. The van der Waals surface area contributed by atoms with Gasteiger partial charge >= 0.3 is 12.0 Å². The molecule has 10 nitrogen and oxygen atoms in total. The molecule has 21 heavy (non-hydrogen) atoms. The molecule has 0 aliphatic carbocycles. The fraction of sp³-hybridized carbons (Fsp3) is 0.545. The Hall–Kier alpha value is -2.65. The normalized spacial score (nSPS) is 19.7. The Morgan fingerprint density at radius 2 is 2.10 bits per heavy atom. The van der Waals surface area contributed by atoms with E-state index in [4.69, 9.17) is 10.8 Å². The largest absolute Gasteiger partial charge is 0.480 e. The molecule has 0 saturated carbocycles. The molecule has 5 N–H and O–H groups in total. The topological polar surface area (TPSA) is 159 Å². The van der Waals surface area contributed by atoms with Gasteiger partial charge in [0.1, 0.15) is 18.6 Å². The zero-order valence-corrected chi connectivity index (χ0v) is 11.3. The van der Waals surface area contributed by atoms with Gasteiger partial charge in [-0.1, -0.05) is 0 Å². The number of imide groups is 1. The summed E-state index contributed by atoms with van der Waals surface area (Å²) >= 11 is 0. The van der Waals surface area contributed by atoms with Crippen LogP contribution in [0.5, 0.6) is 0 Å². The highest BCUT2D eigenvalue weighted by Crippen LogP contribution is 2.06. The number of amides is 5. The van der Waals surface area contributed by atoms with Crippen LogP contribution in [0.4, 0.5) is 4.79 Å². The summed E-state index contributed by atoms with van der Waals surface area (Å²) in [6.45, 7) is 1.04. The van der Waals surface area contributed by atoms with E-state index in [0.717, 1.165) is 4.90 Å². The van der Waals surface area contributed by atoms with Crippen molar-refractivity contribution in [2.24, 2.45) is 5.73 Å². The predicted octanol–water partition coefficient (Wildman–Crippen LogP) is -2.24. The third kappa shape index (κ3) is 4.44. The molecule has 2 atom stereocenters. The van der Waals surface area contributed by atoms with Gasteiger partial charge in [0.25, 0.3) is 0 Å². The number of nitrogens with two attached hydrogens (primary N) is 1. The van der Waals surface area contributed by atoms with Crippen LogP contribution in [0.3, 0.4) is 0 Å². The summed E-state index contributed by atoms with van der Waals surface area (Å²) in [5, 5.41) is 13.2. The summed E-state index contributed by atoms with van der Waals surface area (Å²) < 4.78 is 0. The standard InChI is InChI=1S/C11H16N4O6/c1-5-9(18)14-8(17)4-15(5)11(21)13-6(10(19)20)2-3-7(12)16/h5-6H,2-4H2,1H3,(H2,12,16)(H,13,21)(H,19,20)(H,14,17,18). The zero-order valence-electron chi connectivity index (χ0n) is 11.3. The number of primary amides is 1. The number of piperazine rings is 1. The van der Waals surface area contributed by atoms with Gasteiger partial charge in [0.05, 0.1) is 0 Å². The van der Waals surface area contributed by atoms with E-state index >= 15 is 0 Å². The van der Waals surface area contributed by atoms with Crippen molar-refractivity contribution in [3.8, 4) is 0 Å². The van der Waals surface area contributed by atoms with E-state index in [0.29, 0.717) is 0 Å². The molecule has 1 aliphatic heterocycles. The van der Waals surface area contributed by atoms with Crippen LogP contribution in [0.1, 0.15) is 19.8 Å². The minimum atomic E-state index is -1.34. The molecule has 1 aliphatic rings. The first kappa shape index (κ1) is 16.4. The Balaban J connectivity index is 2.71. The van der Waals surface area contributed by atoms with E-state index in [2.05, 4.69) is 10.6 Å². The summed E-state index contributed by atoms with van der Waals surface area (Å²) in [4.78, 5) is 57.2. The maximum atomic E-state index is 12.0. The quantitative estimate of drug-likeness (QED) is 0.420. The maximum absolute atomic E-state index is 12.0. The fourth-order valence-electron chi connectivity index (χ4n) is 1.74. The van der Waals surface area contributed by atoms with Crippen LogP contribution < -0.4 is 16.4 Å². The highest BCUT2D eigenvalue weighted by Gasteiger charge is 2.35. The SMILES string of the molecule is CC1C(=O)NC(=O)CN1C(=O)NC(CCC(N)=O)C(=O)O. The van der Waals surface area contributed by atoms with Crippen molar-refractivity contribution in [2.45, 2.75) is 31.8 Å². The van der Waals surface area contributed by atoms with Gasteiger partial charge in [0.2, 0.25) is 17.7 Å². The van der Waals surface area contributed by atoms with Crippen LogP contribution in [0.15, 0.2) is 0 Å². The van der Waals surface area contributed by atoms with Crippen LogP contribution in [-0.2, 0) is 19.2 Å². The van der Waals surface area contributed by atoms with Crippen molar-refractivity contribution in [2.75, 3.05) is 6.54 Å². The molecular weight excluding hydrogens is 284 g/mol. The summed E-state index contributed by atoms with van der Waals surface area (Å²) in [7, 11) is 0. The number of nitrogens with one attached hydrogen (secondary N) is 2. The number of urea groups is 1. The first-order valence-corrected chi connectivity index (χ1v) is 6.14. The van der Waals surface area contributed by atoms with Gasteiger partial charge in [-0.3, -0.25) is 19.7 Å². The van der Waals surface area contributed by atoms with Crippen molar-refractivity contribution in [1.29, 1.82) is 0 Å². The van der Waals surface area contributed by atoms with Crippen LogP contribution in [-0.4, -0.2) is 58.4 Å². The van der Waals surface area contributed by atoms with Gasteiger partial charge in [0, 0.05) is 6.42 Å². The first-order valence-electron chi connectivity index (χ1n) is 6.14. The van der Waals surface area contributed by atoms with Crippen molar-refractivity contribution >= 4 is 29.7 Å². The predicted molar refractivity (Wildman–Crippen MR) is 67.7 cm³/mol. The van der Waals surface area contributed by atoms with Crippen LogP contribution >= 0.6 is 0 Å². The van der Waals surface area contributed by atoms with E-state index in [1.165, 1.54) is 6.92 Å². The van der Waals surface area contributed by atoms with Gasteiger partial charge in [-0.2, -0.15) is 0 Å². The molecule has 0 aromatic rings. The van der Waals surface area contributed by atoms with Gasteiger partial charge in [0.15, 0.2) is 0 Å². The van der Waals surface area contributed by atoms with Gasteiger partial charge in [-0.25, -0.2) is 9.59 Å². The first-order chi connectivity index (χ1) is 9.72. The molecule has 0 spiro atoms. The number of carboxylic acids is 1. The maximum Gasteiger partial charge on any atom is 0.326 e. The number of hydrogen-bond donors (Lipinski definition) is 4. The molecule has 0 aromatic heterocycles. The van der Waals surface area contributed by atoms with E-state index in [1.807, 2.05) is 0 Å². The minimum absolute atomic E-state index is 0.182. The third-order valence-electron chi connectivity index (χ3n) is 2.96. The monoisotopic (exact) mass is 300 g/mol. The van der Waals surface area contributed by atoms with Crippen molar-refractivity contribution in [3.05, 3.63) is 0 Å². The van der Waals surface area contributed by atoms with Crippen LogP contribution in [0.2, 0.25) is 0 Å². The molecule has 2 unspecified atom stereocenters. The molecule has 116 valence electrons. The average molecular weight is 300 g/mol. The molecule has 10 heteroatoms. The highest BCUT2D eigenvalue weighted by molar-refractivity contribution is 6.04. The molecule has 0 bridgehead atoms. The lowest BCUT2D eigenvalue weighted by Crippen LogP contribution is -2.62. The number of carbonyl (C=O) groups excluding carboxylic acids is 4. The lowest BCUT2D eigenvalue weighted by atomic mass is 10.1. The van der Waals surface area contributed by atoms with Crippen LogP contribution in [0.25, 0.3) is 0 Å². The number of rotatable bonds is 5. The Bertz CT molecular complexity index is 491. The lowest BCUT2D eigenvalue weighted by molar-refractivity contribution is -0.139. The zero-order chi connectivity index (χ0) is 16.2. The van der Waals surface area contributed by atoms with Gasteiger partial charge in [-0.15, -0.1) is 0 Å². The van der Waals surface area contributed by atoms with Gasteiger partial charge in [-0.05, 0) is 13.3 Å². The summed E-state index contributed by atoms with van der Waals surface area (Å²) in [6.07, 6.45) is -0.398. The van der Waals surface area contributed by atoms with Crippen molar-refractivity contribution < 1.29 is 29.1 Å². The van der Waals surface area contributed by atoms with Crippen molar-refractivity contribution in [1.82, 2.24) is 15.5 Å². The van der Waals surface area contributed by atoms with E-state index < -0.39 is 41.8 Å². The van der Waals surface area contributed by atoms with E-state index in [1.54, 1.807) is 0 Å². The molecule has 5 amide bonds. The second-order valence-corrected chi connectivity index (χ2v) is 4.56. The summed E-state index contributed by atoms with van der Waals surface area (Å²) in [6, 6.07) is -3.12. The Kier molecular flexibility index (Phi) is 5.22. The number of carboxylic acid groups (broad SMARTS) is 1. The lowest BCUT2D eigenvalue weighted by Gasteiger charge is -2.32. The molecular formula is C11H16N4O6. The number of carbonyl (C=O) groups is 5. The second-order valence-electron chi connectivity index (χ2n) is 4.56. The summed E-state index contributed by atoms with van der Waals surface area (Å²) in [5.74, 6) is -3.34. The summed E-state index contributed by atoms with van der Waals surface area (Å²) in [5.41, 5.74) is 4.92. The van der Waals surface area contributed by atoms with Crippen LogP contribution in [0, 0.1) is 0 Å². The Labute approximate surface area is 119 Å². The minimum Gasteiger partial charge on any atom is -0.480 e. The second kappa shape index (κ2) is 6.68. The van der Waals surface area contributed by atoms with E-state index in [-0.39, 0.29) is 19.4 Å². The fourth-order valence-corrected chi connectivity index (χ4v) is 1.74. The molecule has 1 rings (SSSR count). The number of nitrogens with zero attached hydrogens (tertiary/aromatic N) is 1. The smallest absolute Gasteiger partial charge is 0.326 e. The molecule has 1 fully saturated rings. The Morgan fingerprint density at radius 1 is 1.48 bits per heavy atom. The average Bonchev–Trinajstić information content (AvgIpc) is 2.37. The molecule has 1 heterocycles. The van der Waals surface area contributed by atoms with E-state index in [9.17, 15) is 24.0 Å². The number of hydrogen-bond acceptors (Lipinski definition) is 5. The third-order valence-corrected chi connectivity index (χ3v) is 2.96. The molecule has 0 radical (unpaired) electrons.